The predicted molar refractivity (Wildman–Crippen MR) is 82.3 cm³/mol. The van der Waals surface area contributed by atoms with E-state index in [2.05, 4.69) is 14.9 Å². The monoisotopic (exact) mass is 339 g/mol. The molecule has 24 heavy (non-hydrogen) atoms. The number of likely N-dealkylation sites (N-methyl/N-ethyl adjacent to an activating group) is 1. The van der Waals surface area contributed by atoms with Gasteiger partial charge in [-0.2, -0.15) is 0 Å². The maximum Gasteiger partial charge on any atom is 0.332 e. The summed E-state index contributed by atoms with van der Waals surface area (Å²) in [6.07, 6.45) is 0.114. The van der Waals surface area contributed by atoms with E-state index in [1.54, 1.807) is 38.1 Å². The minimum absolute atomic E-state index is 0.00490. The Hall–Kier alpha value is -2.84. The molecule has 1 atom stereocenters. The fourth-order valence-electron chi connectivity index (χ4n) is 1.72. The number of carboxylic acids is 1. The van der Waals surface area contributed by atoms with E-state index in [1.807, 2.05) is 6.07 Å². The summed E-state index contributed by atoms with van der Waals surface area (Å²) in [5.74, 6) is -2.01. The molecular weight excluding hydrogens is 318 g/mol. The molecule has 0 amide bonds. The molecule has 0 saturated heterocycles. The Morgan fingerprint density at radius 2 is 1.96 bits per heavy atom. The highest BCUT2D eigenvalue weighted by Gasteiger charge is 2.29. The smallest absolute Gasteiger partial charge is 0.332 e. The molecule has 132 valence electrons. The number of hydrazine groups is 1. The molecule has 0 aliphatic carbocycles. The van der Waals surface area contributed by atoms with Crippen molar-refractivity contribution in [1.29, 1.82) is 0 Å². The molecule has 1 N–H and O–H groups in total. The number of carbonyl (C=O) groups excluding carboxylic acids is 1. The molecular formula is C15H21N3O6. The zero-order valence-electron chi connectivity index (χ0n) is 13.8. The second-order valence-corrected chi connectivity index (χ2v) is 5.32. The summed E-state index contributed by atoms with van der Waals surface area (Å²) in [4.78, 5) is 27.2. The van der Waals surface area contributed by atoms with Crippen LogP contribution in [0.25, 0.3) is 0 Å². The second kappa shape index (κ2) is 9.33. The number of rotatable bonds is 9. The quantitative estimate of drug-likeness (QED) is 0.181. The Bertz CT molecular complexity index is 576. The molecule has 0 radical (unpaired) electrons. The van der Waals surface area contributed by atoms with Crippen molar-refractivity contribution in [3.63, 3.8) is 0 Å². The maximum absolute atomic E-state index is 11.8. The molecule has 0 heterocycles. The van der Waals surface area contributed by atoms with Gasteiger partial charge in [-0.05, 0) is 5.56 Å². The Balaban J connectivity index is 2.62. The van der Waals surface area contributed by atoms with Crippen LogP contribution in [0.4, 0.5) is 0 Å². The first-order valence-corrected chi connectivity index (χ1v) is 7.29. The van der Waals surface area contributed by atoms with Gasteiger partial charge in [0.05, 0.1) is 17.9 Å². The predicted octanol–water partition coefficient (Wildman–Crippen LogP) is 1.58. The van der Waals surface area contributed by atoms with E-state index in [0.29, 0.717) is 0 Å². The van der Waals surface area contributed by atoms with E-state index < -0.39 is 24.8 Å². The highest BCUT2D eigenvalue weighted by molar-refractivity contribution is 5.73. The minimum atomic E-state index is -1.18. The first-order chi connectivity index (χ1) is 11.3. The first-order valence-electron chi connectivity index (χ1n) is 7.29. The molecule has 0 spiro atoms. The lowest BCUT2D eigenvalue weighted by Crippen LogP contribution is -2.44. The van der Waals surface area contributed by atoms with Crippen molar-refractivity contribution in [3.8, 4) is 0 Å². The van der Waals surface area contributed by atoms with Gasteiger partial charge in [-0.25, -0.2) is 4.79 Å². The zero-order valence-corrected chi connectivity index (χ0v) is 13.8. The summed E-state index contributed by atoms with van der Waals surface area (Å²) in [5, 5.41) is 25.1. The molecule has 0 fully saturated rings. The molecule has 1 aromatic carbocycles. The molecule has 0 aliphatic rings. The SMILES string of the molecule is CC(C)C(=O)OCO/N=[N+](\[O-])N(C)[C@@H](Cc1ccccc1)C(=O)O. The Kier molecular flexibility index (Phi) is 7.47. The van der Waals surface area contributed by atoms with Crippen LogP contribution in [0.3, 0.4) is 0 Å². The van der Waals surface area contributed by atoms with Crippen LogP contribution in [0.1, 0.15) is 19.4 Å². The van der Waals surface area contributed by atoms with Gasteiger partial charge >= 0.3 is 11.9 Å². The van der Waals surface area contributed by atoms with Crippen molar-refractivity contribution in [2.24, 2.45) is 11.2 Å². The van der Waals surface area contributed by atoms with Gasteiger partial charge in [-0.3, -0.25) is 4.79 Å². The molecule has 9 nitrogen and oxygen atoms in total. The summed E-state index contributed by atoms with van der Waals surface area (Å²) >= 11 is 0. The van der Waals surface area contributed by atoms with Crippen LogP contribution in [-0.2, 0) is 25.6 Å². The third-order valence-electron chi connectivity index (χ3n) is 3.13. The Morgan fingerprint density at radius 1 is 1.33 bits per heavy atom. The molecule has 0 aromatic heterocycles. The first kappa shape index (κ1) is 19.2. The van der Waals surface area contributed by atoms with E-state index in [1.165, 1.54) is 7.05 Å². The third-order valence-corrected chi connectivity index (χ3v) is 3.13. The summed E-state index contributed by atoms with van der Waals surface area (Å²) in [6, 6.07) is 7.76. The number of hydrogen-bond donors (Lipinski definition) is 1. The molecule has 1 aromatic rings. The number of aliphatic carboxylic acids is 1. The maximum atomic E-state index is 11.8. The fourth-order valence-corrected chi connectivity index (χ4v) is 1.72. The number of nitrogens with zero attached hydrogens (tertiary/aromatic N) is 3. The van der Waals surface area contributed by atoms with Crippen LogP contribution in [0, 0.1) is 11.1 Å². The van der Waals surface area contributed by atoms with Gasteiger partial charge in [-0.15, -0.1) is 5.01 Å². The van der Waals surface area contributed by atoms with Crippen LogP contribution in [0.2, 0.25) is 0 Å². The van der Waals surface area contributed by atoms with Crippen LogP contribution >= 0.6 is 0 Å². The Morgan fingerprint density at radius 3 is 2.50 bits per heavy atom. The number of carboxylic acid groups (broad SMARTS) is 1. The molecule has 0 bridgehead atoms. The number of benzene rings is 1. The van der Waals surface area contributed by atoms with E-state index >= 15 is 0 Å². The minimum Gasteiger partial charge on any atom is -0.569 e. The van der Waals surface area contributed by atoms with Gasteiger partial charge in [0.2, 0.25) is 5.28 Å². The molecule has 9 heteroatoms. The summed E-state index contributed by atoms with van der Waals surface area (Å²) in [6.45, 7) is 2.77. The van der Waals surface area contributed by atoms with Crippen LogP contribution in [0.5, 0.6) is 0 Å². The van der Waals surface area contributed by atoms with E-state index in [0.717, 1.165) is 10.6 Å². The van der Waals surface area contributed by atoms with Crippen LogP contribution in [-0.4, -0.2) is 46.9 Å². The number of esters is 1. The summed E-state index contributed by atoms with van der Waals surface area (Å²) in [5.41, 5.74) is 0.761. The largest absolute Gasteiger partial charge is 0.569 e. The molecule has 0 unspecified atom stereocenters. The van der Waals surface area contributed by atoms with Crippen molar-refractivity contribution in [2.45, 2.75) is 26.3 Å². The Labute approximate surface area is 139 Å². The highest BCUT2D eigenvalue weighted by atomic mass is 16.8. The normalized spacial score (nSPS) is 12.6. The van der Waals surface area contributed by atoms with Gasteiger partial charge < -0.3 is 19.9 Å². The van der Waals surface area contributed by atoms with Crippen molar-refractivity contribution >= 4 is 11.9 Å². The standard InChI is InChI=1S/C15H21N3O6/c1-11(2)15(21)23-10-24-16-18(22)17(3)13(14(19)20)9-12-7-5-4-6-8-12/h4-8,11,13H,9-10H2,1-3H3,(H,19,20)/b18-16-/t13-/m0/s1. The zero-order chi connectivity index (χ0) is 18.1. The summed E-state index contributed by atoms with van der Waals surface area (Å²) in [7, 11) is 1.28. The van der Waals surface area contributed by atoms with Crippen molar-refractivity contribution in [1.82, 2.24) is 5.01 Å². The van der Waals surface area contributed by atoms with Gasteiger partial charge in [0, 0.05) is 6.42 Å². The van der Waals surface area contributed by atoms with Crippen molar-refractivity contribution in [2.75, 3.05) is 13.8 Å². The van der Waals surface area contributed by atoms with Crippen molar-refractivity contribution < 1.29 is 29.2 Å². The average Bonchev–Trinajstić information content (AvgIpc) is 2.56. The lowest BCUT2D eigenvalue weighted by atomic mass is 10.1. The number of ether oxygens (including phenoxy) is 1. The van der Waals surface area contributed by atoms with Gasteiger partial charge in [0.1, 0.15) is 0 Å². The number of carbonyl (C=O) groups is 2. The molecule has 1 rings (SSSR count). The lowest BCUT2D eigenvalue weighted by Gasteiger charge is -2.20. The fraction of sp³-hybridized carbons (Fsp3) is 0.467. The molecule has 0 aliphatic heterocycles. The third kappa shape index (κ3) is 6.11. The lowest BCUT2D eigenvalue weighted by molar-refractivity contribution is -0.711. The van der Waals surface area contributed by atoms with Crippen LogP contribution in [0.15, 0.2) is 35.6 Å². The average molecular weight is 339 g/mol. The molecule has 0 saturated carbocycles. The van der Waals surface area contributed by atoms with Gasteiger partial charge in [0.15, 0.2) is 6.04 Å². The number of hydrogen-bond acceptors (Lipinski definition) is 6. The van der Waals surface area contributed by atoms with E-state index in [9.17, 15) is 19.9 Å². The highest BCUT2D eigenvalue weighted by Crippen LogP contribution is 2.09. The van der Waals surface area contributed by atoms with E-state index in [-0.39, 0.29) is 17.3 Å². The topological polar surface area (TPSA) is 114 Å². The van der Waals surface area contributed by atoms with Crippen molar-refractivity contribution in [3.05, 3.63) is 41.1 Å². The van der Waals surface area contributed by atoms with E-state index in [4.69, 9.17) is 0 Å². The summed E-state index contributed by atoms with van der Waals surface area (Å²) < 4.78 is 4.68. The van der Waals surface area contributed by atoms with Gasteiger partial charge in [0.25, 0.3) is 6.79 Å². The van der Waals surface area contributed by atoms with Gasteiger partial charge in [-0.1, -0.05) is 44.2 Å². The van der Waals surface area contributed by atoms with Crippen LogP contribution < -0.4 is 0 Å². The second-order valence-electron chi connectivity index (χ2n) is 5.32.